The SMILES string of the molecule is C[C@@H]1CC[C@@H](C=O)N(C)C1. The Labute approximate surface area is 62.2 Å². The molecule has 1 aliphatic heterocycles. The molecule has 10 heavy (non-hydrogen) atoms. The largest absolute Gasteiger partial charge is 0.302 e. The van der Waals surface area contributed by atoms with E-state index in [0.29, 0.717) is 0 Å². The lowest BCUT2D eigenvalue weighted by atomic mass is 9.96. The Morgan fingerprint density at radius 3 is 2.70 bits per heavy atom. The number of carbonyl (C=O) groups excluding carboxylic acids is 1. The second-order valence-electron chi connectivity index (χ2n) is 3.33. The molecule has 1 saturated heterocycles. The Kier molecular flexibility index (Phi) is 2.44. The van der Waals surface area contributed by atoms with E-state index in [1.807, 2.05) is 7.05 Å². The molecule has 1 rings (SSSR count). The van der Waals surface area contributed by atoms with Crippen molar-refractivity contribution in [3.05, 3.63) is 0 Å². The van der Waals surface area contributed by atoms with Crippen LogP contribution in [0.25, 0.3) is 0 Å². The van der Waals surface area contributed by atoms with E-state index in [1.54, 1.807) is 0 Å². The molecule has 2 atom stereocenters. The van der Waals surface area contributed by atoms with Crippen LogP contribution in [0.15, 0.2) is 0 Å². The topological polar surface area (TPSA) is 20.3 Å². The Hall–Kier alpha value is -0.370. The molecular weight excluding hydrogens is 126 g/mol. The van der Waals surface area contributed by atoms with E-state index < -0.39 is 0 Å². The third kappa shape index (κ3) is 1.57. The van der Waals surface area contributed by atoms with Gasteiger partial charge in [0.15, 0.2) is 0 Å². The van der Waals surface area contributed by atoms with E-state index >= 15 is 0 Å². The zero-order valence-corrected chi connectivity index (χ0v) is 6.71. The maximum Gasteiger partial charge on any atom is 0.137 e. The molecular formula is C8H15NO. The fraction of sp³-hybridized carbons (Fsp3) is 0.875. The van der Waals surface area contributed by atoms with Gasteiger partial charge in [-0.1, -0.05) is 6.92 Å². The number of carbonyl (C=O) groups is 1. The van der Waals surface area contributed by atoms with Crippen LogP contribution < -0.4 is 0 Å². The van der Waals surface area contributed by atoms with Crippen LogP contribution in [0, 0.1) is 5.92 Å². The van der Waals surface area contributed by atoms with Crippen LogP contribution >= 0.6 is 0 Å². The number of likely N-dealkylation sites (tertiary alicyclic amines) is 1. The summed E-state index contributed by atoms with van der Waals surface area (Å²) >= 11 is 0. The molecule has 1 heterocycles. The van der Waals surface area contributed by atoms with Crippen molar-refractivity contribution >= 4 is 6.29 Å². The molecule has 0 aromatic heterocycles. The van der Waals surface area contributed by atoms with Crippen molar-refractivity contribution < 1.29 is 4.79 Å². The number of likely N-dealkylation sites (N-methyl/N-ethyl adjacent to an activating group) is 1. The summed E-state index contributed by atoms with van der Waals surface area (Å²) in [7, 11) is 2.02. The van der Waals surface area contributed by atoms with Gasteiger partial charge < -0.3 is 4.79 Å². The fourth-order valence-corrected chi connectivity index (χ4v) is 1.57. The predicted octanol–water partition coefficient (Wildman–Crippen LogP) is 0.916. The molecule has 0 radical (unpaired) electrons. The normalized spacial score (nSPS) is 35.8. The van der Waals surface area contributed by atoms with E-state index in [1.165, 1.54) is 6.42 Å². The highest BCUT2D eigenvalue weighted by Gasteiger charge is 2.21. The number of nitrogens with zero attached hydrogens (tertiary/aromatic N) is 1. The highest BCUT2D eigenvalue weighted by atomic mass is 16.1. The fourth-order valence-electron chi connectivity index (χ4n) is 1.57. The summed E-state index contributed by atoms with van der Waals surface area (Å²) in [5.74, 6) is 0.765. The summed E-state index contributed by atoms with van der Waals surface area (Å²) < 4.78 is 0. The summed E-state index contributed by atoms with van der Waals surface area (Å²) in [4.78, 5) is 12.6. The second-order valence-corrected chi connectivity index (χ2v) is 3.33. The van der Waals surface area contributed by atoms with Crippen LogP contribution in [0.2, 0.25) is 0 Å². The lowest BCUT2D eigenvalue weighted by Gasteiger charge is -2.32. The summed E-state index contributed by atoms with van der Waals surface area (Å²) in [6, 6.07) is 0.191. The zero-order chi connectivity index (χ0) is 7.56. The van der Waals surface area contributed by atoms with Crippen LogP contribution in [0.3, 0.4) is 0 Å². The minimum Gasteiger partial charge on any atom is -0.302 e. The number of hydrogen-bond donors (Lipinski definition) is 0. The van der Waals surface area contributed by atoms with Gasteiger partial charge in [0.2, 0.25) is 0 Å². The number of rotatable bonds is 1. The first-order chi connectivity index (χ1) is 4.74. The van der Waals surface area contributed by atoms with Gasteiger partial charge in [-0.05, 0) is 25.8 Å². The molecule has 2 nitrogen and oxygen atoms in total. The smallest absolute Gasteiger partial charge is 0.137 e. The van der Waals surface area contributed by atoms with Crippen LogP contribution in [0.5, 0.6) is 0 Å². The molecule has 0 N–H and O–H groups in total. The van der Waals surface area contributed by atoms with Crippen LogP contribution in [-0.2, 0) is 4.79 Å². The lowest BCUT2D eigenvalue weighted by Crippen LogP contribution is -2.40. The van der Waals surface area contributed by atoms with Gasteiger partial charge in [-0.3, -0.25) is 4.90 Å². The van der Waals surface area contributed by atoms with E-state index in [9.17, 15) is 4.79 Å². The van der Waals surface area contributed by atoms with Crippen molar-refractivity contribution in [1.29, 1.82) is 0 Å². The summed E-state index contributed by atoms with van der Waals surface area (Å²) in [5.41, 5.74) is 0. The van der Waals surface area contributed by atoms with Gasteiger partial charge in [-0.2, -0.15) is 0 Å². The molecule has 1 aliphatic rings. The maximum atomic E-state index is 10.4. The molecule has 0 saturated carbocycles. The van der Waals surface area contributed by atoms with Crippen molar-refractivity contribution in [3.63, 3.8) is 0 Å². The molecule has 2 heteroatoms. The second kappa shape index (κ2) is 3.15. The molecule has 58 valence electrons. The van der Waals surface area contributed by atoms with Gasteiger partial charge in [-0.15, -0.1) is 0 Å². The quantitative estimate of drug-likeness (QED) is 0.506. The van der Waals surface area contributed by atoms with Gasteiger partial charge in [0.1, 0.15) is 6.29 Å². The Balaban J connectivity index is 2.43. The molecule has 0 unspecified atom stereocenters. The monoisotopic (exact) mass is 141 g/mol. The van der Waals surface area contributed by atoms with Gasteiger partial charge in [0, 0.05) is 6.54 Å². The minimum absolute atomic E-state index is 0.191. The lowest BCUT2D eigenvalue weighted by molar-refractivity contribution is -0.113. The van der Waals surface area contributed by atoms with Gasteiger partial charge in [0.25, 0.3) is 0 Å². The third-order valence-electron chi connectivity index (χ3n) is 2.28. The summed E-state index contributed by atoms with van der Waals surface area (Å²) in [6.07, 6.45) is 3.31. The first-order valence-corrected chi connectivity index (χ1v) is 3.89. The average molecular weight is 141 g/mol. The van der Waals surface area contributed by atoms with E-state index in [-0.39, 0.29) is 6.04 Å². The van der Waals surface area contributed by atoms with Crippen molar-refractivity contribution in [2.45, 2.75) is 25.8 Å². The number of hydrogen-bond acceptors (Lipinski definition) is 2. The molecule has 0 aromatic rings. The predicted molar refractivity (Wildman–Crippen MR) is 40.9 cm³/mol. The highest BCUT2D eigenvalue weighted by Crippen LogP contribution is 2.18. The average Bonchev–Trinajstić information content (AvgIpc) is 1.88. The van der Waals surface area contributed by atoms with Crippen LogP contribution in [0.4, 0.5) is 0 Å². The van der Waals surface area contributed by atoms with E-state index in [4.69, 9.17) is 0 Å². The Bertz CT molecular complexity index is 124. The third-order valence-corrected chi connectivity index (χ3v) is 2.28. The molecule has 0 aromatic carbocycles. The minimum atomic E-state index is 0.191. The standard InChI is InChI=1S/C8H15NO/c1-7-3-4-8(6-10)9(2)5-7/h6-8H,3-5H2,1-2H3/t7-,8+/m1/s1. The van der Waals surface area contributed by atoms with Gasteiger partial charge >= 0.3 is 0 Å². The Morgan fingerprint density at radius 2 is 2.20 bits per heavy atom. The number of piperidine rings is 1. The molecule has 1 fully saturated rings. The maximum absolute atomic E-state index is 10.4. The molecule has 0 spiro atoms. The van der Waals surface area contributed by atoms with Crippen molar-refractivity contribution in [3.8, 4) is 0 Å². The summed E-state index contributed by atoms with van der Waals surface area (Å²) in [6.45, 7) is 3.31. The molecule has 0 amide bonds. The van der Waals surface area contributed by atoms with Gasteiger partial charge in [0.05, 0.1) is 6.04 Å². The summed E-state index contributed by atoms with van der Waals surface area (Å²) in [5, 5.41) is 0. The first-order valence-electron chi connectivity index (χ1n) is 3.89. The van der Waals surface area contributed by atoms with E-state index in [0.717, 1.165) is 25.2 Å². The highest BCUT2D eigenvalue weighted by molar-refractivity contribution is 5.57. The van der Waals surface area contributed by atoms with E-state index in [2.05, 4.69) is 11.8 Å². The van der Waals surface area contributed by atoms with Gasteiger partial charge in [-0.25, -0.2) is 0 Å². The molecule has 0 bridgehead atoms. The van der Waals surface area contributed by atoms with Crippen molar-refractivity contribution in [1.82, 2.24) is 4.90 Å². The first kappa shape index (κ1) is 7.73. The van der Waals surface area contributed by atoms with Crippen molar-refractivity contribution in [2.24, 2.45) is 5.92 Å². The van der Waals surface area contributed by atoms with Crippen LogP contribution in [-0.4, -0.2) is 30.8 Å². The Morgan fingerprint density at radius 1 is 1.50 bits per heavy atom. The molecule has 0 aliphatic carbocycles. The van der Waals surface area contributed by atoms with Crippen LogP contribution in [0.1, 0.15) is 19.8 Å². The zero-order valence-electron chi connectivity index (χ0n) is 6.71. The van der Waals surface area contributed by atoms with Crippen molar-refractivity contribution in [2.75, 3.05) is 13.6 Å². The number of aldehydes is 1.